The Morgan fingerprint density at radius 3 is 2.50 bits per heavy atom. The van der Waals surface area contributed by atoms with Crippen molar-refractivity contribution in [1.29, 1.82) is 0 Å². The molecule has 0 amide bonds. The molecule has 5 heteroatoms. The molecule has 0 spiro atoms. The molecular weight excluding hydrogens is 314 g/mol. The van der Waals surface area contributed by atoms with Crippen LogP contribution in [-0.4, -0.2) is 25.8 Å². The number of aryl methyl sites for hydroxylation is 1. The van der Waals surface area contributed by atoms with Crippen LogP contribution in [0.15, 0.2) is 27.6 Å². The normalized spacial score (nSPS) is 20.2. The topological polar surface area (TPSA) is 37.4 Å². The number of benzene rings is 1. The first kappa shape index (κ1) is 14.0. The average molecular weight is 332 g/mol. The second-order valence-corrected chi connectivity index (χ2v) is 8.46. The van der Waals surface area contributed by atoms with Crippen LogP contribution in [0.2, 0.25) is 0 Å². The van der Waals surface area contributed by atoms with Gasteiger partial charge in [-0.1, -0.05) is 29.8 Å². The van der Waals surface area contributed by atoms with Crippen molar-refractivity contribution in [1.82, 2.24) is 4.31 Å². The highest BCUT2D eigenvalue weighted by Crippen LogP contribution is 2.33. The summed E-state index contributed by atoms with van der Waals surface area (Å²) in [6.07, 6.45) is 0.918. The summed E-state index contributed by atoms with van der Waals surface area (Å²) in [5, 5.41) is 0. The Bertz CT molecular complexity index is 566. The molecule has 1 aromatic carbocycles. The van der Waals surface area contributed by atoms with Crippen molar-refractivity contribution in [2.75, 3.05) is 13.1 Å². The molecule has 0 aliphatic carbocycles. The maximum atomic E-state index is 12.5. The van der Waals surface area contributed by atoms with Gasteiger partial charge in [-0.2, -0.15) is 4.31 Å². The van der Waals surface area contributed by atoms with Crippen molar-refractivity contribution in [2.24, 2.45) is 5.41 Å². The fourth-order valence-electron chi connectivity index (χ4n) is 2.19. The van der Waals surface area contributed by atoms with E-state index in [1.165, 1.54) is 0 Å². The van der Waals surface area contributed by atoms with Crippen molar-refractivity contribution in [2.45, 2.75) is 32.1 Å². The molecule has 0 bridgehead atoms. The van der Waals surface area contributed by atoms with Crippen LogP contribution in [0, 0.1) is 12.3 Å². The molecular formula is C13H18BrNO2S. The minimum Gasteiger partial charge on any atom is -0.207 e. The van der Waals surface area contributed by atoms with Crippen LogP contribution in [0.3, 0.4) is 0 Å². The number of rotatable bonds is 2. The molecule has 2 rings (SSSR count). The van der Waals surface area contributed by atoms with Gasteiger partial charge in [0.15, 0.2) is 0 Å². The lowest BCUT2D eigenvalue weighted by molar-refractivity contribution is 0.375. The van der Waals surface area contributed by atoms with Gasteiger partial charge in [0.1, 0.15) is 0 Å². The third-order valence-corrected chi connectivity index (χ3v) is 6.14. The van der Waals surface area contributed by atoms with Crippen LogP contribution in [0.4, 0.5) is 0 Å². The SMILES string of the molecule is Cc1cc(S(=O)(=O)N2CCC(C)(C)C2)ccc1Br. The van der Waals surface area contributed by atoms with Gasteiger partial charge in [0.2, 0.25) is 10.0 Å². The zero-order chi connectivity index (χ0) is 13.6. The molecule has 3 nitrogen and oxygen atoms in total. The maximum absolute atomic E-state index is 12.5. The van der Waals surface area contributed by atoms with Crippen molar-refractivity contribution in [3.8, 4) is 0 Å². The monoisotopic (exact) mass is 331 g/mol. The molecule has 0 unspecified atom stereocenters. The van der Waals surface area contributed by atoms with E-state index < -0.39 is 10.0 Å². The van der Waals surface area contributed by atoms with Gasteiger partial charge in [-0.3, -0.25) is 0 Å². The average Bonchev–Trinajstić information content (AvgIpc) is 2.63. The van der Waals surface area contributed by atoms with E-state index in [2.05, 4.69) is 29.8 Å². The Hall–Kier alpha value is -0.390. The molecule has 1 aromatic rings. The van der Waals surface area contributed by atoms with Crippen molar-refractivity contribution < 1.29 is 8.42 Å². The highest BCUT2D eigenvalue weighted by atomic mass is 79.9. The largest absolute Gasteiger partial charge is 0.243 e. The van der Waals surface area contributed by atoms with Crippen LogP contribution >= 0.6 is 15.9 Å². The number of halogens is 1. The molecule has 100 valence electrons. The summed E-state index contributed by atoms with van der Waals surface area (Å²) in [6, 6.07) is 5.19. The zero-order valence-corrected chi connectivity index (χ0v) is 13.3. The van der Waals surface area contributed by atoms with Crippen molar-refractivity contribution in [3.05, 3.63) is 28.2 Å². The van der Waals surface area contributed by atoms with Crippen molar-refractivity contribution in [3.63, 3.8) is 0 Å². The van der Waals surface area contributed by atoms with Gasteiger partial charge in [-0.05, 0) is 42.5 Å². The Morgan fingerprint density at radius 2 is 2.00 bits per heavy atom. The van der Waals surface area contributed by atoms with Gasteiger partial charge in [0, 0.05) is 17.6 Å². The third-order valence-electron chi connectivity index (χ3n) is 3.41. The van der Waals surface area contributed by atoms with Crippen LogP contribution in [0.1, 0.15) is 25.8 Å². The summed E-state index contributed by atoms with van der Waals surface area (Å²) in [6.45, 7) is 7.33. The standard InChI is InChI=1S/C13H18BrNO2S/c1-10-8-11(4-5-12(10)14)18(16,17)15-7-6-13(2,3)9-15/h4-5,8H,6-7,9H2,1-3H3. The Kier molecular flexibility index (Phi) is 3.60. The van der Waals surface area contributed by atoms with Gasteiger partial charge in [0.25, 0.3) is 0 Å². The fraction of sp³-hybridized carbons (Fsp3) is 0.538. The van der Waals surface area contributed by atoms with Crippen LogP contribution < -0.4 is 0 Å². The van der Waals surface area contributed by atoms with Gasteiger partial charge in [0.05, 0.1) is 4.90 Å². The predicted octanol–water partition coefficient (Wildman–Crippen LogP) is 3.18. The maximum Gasteiger partial charge on any atom is 0.243 e. The van der Waals surface area contributed by atoms with E-state index in [1.807, 2.05) is 6.92 Å². The molecule has 0 radical (unpaired) electrons. The molecule has 18 heavy (non-hydrogen) atoms. The second kappa shape index (κ2) is 4.62. The minimum absolute atomic E-state index is 0.0808. The lowest BCUT2D eigenvalue weighted by Crippen LogP contribution is -2.30. The third kappa shape index (κ3) is 2.63. The first-order valence-corrected chi connectivity index (χ1v) is 8.22. The molecule has 0 N–H and O–H groups in total. The number of hydrogen-bond acceptors (Lipinski definition) is 2. The number of nitrogens with zero attached hydrogens (tertiary/aromatic N) is 1. The van der Waals surface area contributed by atoms with Gasteiger partial charge < -0.3 is 0 Å². The fourth-order valence-corrected chi connectivity index (χ4v) is 4.16. The highest BCUT2D eigenvalue weighted by molar-refractivity contribution is 9.10. The van der Waals surface area contributed by atoms with Gasteiger partial charge in [-0.25, -0.2) is 8.42 Å². The van der Waals surface area contributed by atoms with E-state index in [0.29, 0.717) is 18.0 Å². The Labute approximate surface area is 117 Å². The van der Waals surface area contributed by atoms with E-state index in [4.69, 9.17) is 0 Å². The summed E-state index contributed by atoms with van der Waals surface area (Å²) in [5.74, 6) is 0. The van der Waals surface area contributed by atoms with E-state index in [9.17, 15) is 8.42 Å². The lowest BCUT2D eigenvalue weighted by Gasteiger charge is -2.20. The lowest BCUT2D eigenvalue weighted by atomic mass is 9.93. The highest BCUT2D eigenvalue weighted by Gasteiger charge is 2.36. The second-order valence-electron chi connectivity index (χ2n) is 5.66. The summed E-state index contributed by atoms with van der Waals surface area (Å²) >= 11 is 3.39. The molecule has 1 aliphatic rings. The molecule has 1 heterocycles. The first-order valence-electron chi connectivity index (χ1n) is 5.99. The van der Waals surface area contributed by atoms with Crippen LogP contribution in [-0.2, 0) is 10.0 Å². The predicted molar refractivity (Wildman–Crippen MR) is 76.0 cm³/mol. The van der Waals surface area contributed by atoms with E-state index >= 15 is 0 Å². The van der Waals surface area contributed by atoms with Gasteiger partial charge in [-0.15, -0.1) is 0 Å². The quantitative estimate of drug-likeness (QED) is 0.834. The molecule has 1 fully saturated rings. The summed E-state index contributed by atoms with van der Waals surface area (Å²) in [7, 11) is -3.34. The summed E-state index contributed by atoms with van der Waals surface area (Å²) in [5.41, 5.74) is 1.02. The Morgan fingerprint density at radius 1 is 1.33 bits per heavy atom. The van der Waals surface area contributed by atoms with Crippen molar-refractivity contribution >= 4 is 26.0 Å². The molecule has 0 saturated carbocycles. The zero-order valence-electron chi connectivity index (χ0n) is 10.9. The first-order chi connectivity index (χ1) is 8.22. The van der Waals surface area contributed by atoms with Crippen LogP contribution in [0.25, 0.3) is 0 Å². The molecule has 0 aromatic heterocycles. The summed E-state index contributed by atoms with van der Waals surface area (Å²) < 4.78 is 27.5. The molecule has 0 atom stereocenters. The van der Waals surface area contributed by atoms with Gasteiger partial charge >= 0.3 is 0 Å². The smallest absolute Gasteiger partial charge is 0.207 e. The number of sulfonamides is 1. The Balaban J connectivity index is 2.34. The van der Waals surface area contributed by atoms with Crippen LogP contribution in [0.5, 0.6) is 0 Å². The van der Waals surface area contributed by atoms with E-state index in [1.54, 1.807) is 22.5 Å². The number of hydrogen-bond donors (Lipinski definition) is 0. The minimum atomic E-state index is -3.34. The molecule has 1 aliphatic heterocycles. The van der Waals surface area contributed by atoms with E-state index in [-0.39, 0.29) is 5.41 Å². The summed E-state index contributed by atoms with van der Waals surface area (Å²) in [4.78, 5) is 0.390. The van der Waals surface area contributed by atoms with E-state index in [0.717, 1.165) is 16.5 Å². The molecule has 1 saturated heterocycles.